The highest BCUT2D eigenvalue weighted by Crippen LogP contribution is 2.35. The quantitative estimate of drug-likeness (QED) is 0.682. The number of ether oxygens (including phenoxy) is 1. The van der Waals surface area contributed by atoms with Crippen molar-refractivity contribution in [2.45, 2.75) is 44.4 Å². The Morgan fingerprint density at radius 1 is 1.19 bits per heavy atom. The number of benzene rings is 1. The number of carbonyl (C=O) groups is 2. The first kappa shape index (κ1) is 22.1. The monoisotopic (exact) mass is 449 g/mol. The van der Waals surface area contributed by atoms with Crippen LogP contribution >= 0.6 is 0 Å². The Balaban J connectivity index is 1.40. The number of nitrogens with zero attached hydrogens (tertiary/aromatic N) is 3. The van der Waals surface area contributed by atoms with Gasteiger partial charge in [-0.25, -0.2) is 8.42 Å². The Morgan fingerprint density at radius 2 is 1.90 bits per heavy atom. The first-order valence-electron chi connectivity index (χ1n) is 10.9. The summed E-state index contributed by atoms with van der Waals surface area (Å²) in [6.07, 6.45) is 1.89. The van der Waals surface area contributed by atoms with Crippen LogP contribution in [0.4, 0.5) is 0 Å². The predicted octanol–water partition coefficient (Wildman–Crippen LogP) is 0.908. The van der Waals surface area contributed by atoms with Crippen LogP contribution in [-0.4, -0.2) is 91.3 Å². The minimum absolute atomic E-state index is 0.0131. The van der Waals surface area contributed by atoms with Crippen molar-refractivity contribution in [1.29, 1.82) is 0 Å². The van der Waals surface area contributed by atoms with Crippen LogP contribution < -0.4 is 4.74 Å². The third-order valence-corrected chi connectivity index (χ3v) is 8.58. The third kappa shape index (κ3) is 4.87. The minimum atomic E-state index is -2.98. The Kier molecular flexibility index (Phi) is 6.00. The van der Waals surface area contributed by atoms with Crippen molar-refractivity contribution in [2.24, 2.45) is 0 Å². The second-order valence-corrected chi connectivity index (χ2v) is 11.3. The summed E-state index contributed by atoms with van der Waals surface area (Å²) in [7, 11) is -1.15. The zero-order valence-corrected chi connectivity index (χ0v) is 19.1. The summed E-state index contributed by atoms with van der Waals surface area (Å²) in [6, 6.07) is 7.74. The van der Waals surface area contributed by atoms with E-state index in [4.69, 9.17) is 4.74 Å². The maximum Gasteiger partial charge on any atom is 0.236 e. The molecule has 2 amide bonds. The number of para-hydroxylation sites is 1. The van der Waals surface area contributed by atoms with Crippen LogP contribution in [0, 0.1) is 0 Å². The number of likely N-dealkylation sites (tertiary alicyclic amines) is 1. The molecule has 3 aliphatic rings. The lowest BCUT2D eigenvalue weighted by Gasteiger charge is -2.43. The fraction of sp³-hybridized carbons (Fsp3) is 0.636. The number of carbonyl (C=O) groups excluding carboxylic acids is 2. The lowest BCUT2D eigenvalue weighted by Crippen LogP contribution is -2.56. The minimum Gasteiger partial charge on any atom is -0.485 e. The van der Waals surface area contributed by atoms with E-state index < -0.39 is 15.4 Å². The van der Waals surface area contributed by atoms with Gasteiger partial charge in [0.1, 0.15) is 11.4 Å². The molecule has 1 spiro atoms. The summed E-state index contributed by atoms with van der Waals surface area (Å²) in [5.74, 6) is 1.18. The number of likely N-dealkylation sites (N-methyl/N-ethyl adjacent to an activating group) is 1. The van der Waals surface area contributed by atoms with Crippen molar-refractivity contribution in [3.8, 4) is 5.75 Å². The maximum atomic E-state index is 12.9. The molecular weight excluding hydrogens is 418 g/mol. The Morgan fingerprint density at radius 3 is 2.55 bits per heavy atom. The van der Waals surface area contributed by atoms with Crippen LogP contribution in [0.5, 0.6) is 5.75 Å². The van der Waals surface area contributed by atoms with Gasteiger partial charge in [-0.05, 0) is 19.5 Å². The van der Waals surface area contributed by atoms with Gasteiger partial charge >= 0.3 is 0 Å². The molecule has 1 aromatic rings. The Bertz CT molecular complexity index is 956. The van der Waals surface area contributed by atoms with E-state index in [0.717, 1.165) is 11.3 Å². The standard InChI is InChI=1S/C22H31N3O5S/c1-17(26)25-13-18-5-3-4-6-20(18)30-22(16-25)8-10-24(11-9-22)21(27)14-23(2)19-7-12-31(28,29)15-19/h3-6,19H,7-16H2,1-2H3. The first-order chi connectivity index (χ1) is 14.7. The smallest absolute Gasteiger partial charge is 0.236 e. The molecule has 1 aromatic carbocycles. The van der Waals surface area contributed by atoms with Crippen LogP contribution in [0.3, 0.4) is 0 Å². The lowest BCUT2D eigenvalue weighted by molar-refractivity contribution is -0.139. The average Bonchev–Trinajstić information content (AvgIpc) is 3.00. The van der Waals surface area contributed by atoms with Gasteiger partial charge in [0, 0.05) is 51.0 Å². The molecule has 9 heteroatoms. The number of fused-ring (bicyclic) bond motifs is 1. The summed E-state index contributed by atoms with van der Waals surface area (Å²) >= 11 is 0. The molecular formula is C22H31N3O5S. The van der Waals surface area contributed by atoms with E-state index in [9.17, 15) is 18.0 Å². The van der Waals surface area contributed by atoms with Gasteiger partial charge < -0.3 is 14.5 Å². The summed E-state index contributed by atoms with van der Waals surface area (Å²) in [5.41, 5.74) is 0.502. The topological polar surface area (TPSA) is 87.2 Å². The van der Waals surface area contributed by atoms with Crippen molar-refractivity contribution in [2.75, 3.05) is 44.7 Å². The molecule has 170 valence electrons. The zero-order chi connectivity index (χ0) is 22.2. The Hall–Kier alpha value is -2.13. The molecule has 2 fully saturated rings. The molecule has 0 aliphatic carbocycles. The van der Waals surface area contributed by atoms with Crippen molar-refractivity contribution < 1.29 is 22.7 Å². The van der Waals surface area contributed by atoms with Gasteiger partial charge in [-0.1, -0.05) is 18.2 Å². The van der Waals surface area contributed by atoms with Crippen LogP contribution in [-0.2, 0) is 26.0 Å². The van der Waals surface area contributed by atoms with E-state index in [1.165, 1.54) is 0 Å². The molecule has 4 rings (SSSR count). The highest BCUT2D eigenvalue weighted by Gasteiger charge is 2.42. The second-order valence-electron chi connectivity index (χ2n) is 9.12. The molecule has 0 aromatic heterocycles. The van der Waals surface area contributed by atoms with E-state index in [0.29, 0.717) is 45.4 Å². The lowest BCUT2D eigenvalue weighted by atomic mass is 9.90. The largest absolute Gasteiger partial charge is 0.485 e. The normalized spacial score (nSPS) is 24.5. The predicted molar refractivity (Wildman–Crippen MR) is 116 cm³/mol. The van der Waals surface area contributed by atoms with Crippen LogP contribution in [0.1, 0.15) is 31.7 Å². The molecule has 31 heavy (non-hydrogen) atoms. The van der Waals surface area contributed by atoms with Crippen molar-refractivity contribution in [3.05, 3.63) is 29.8 Å². The average molecular weight is 450 g/mol. The van der Waals surface area contributed by atoms with Crippen LogP contribution in [0.2, 0.25) is 0 Å². The SMILES string of the molecule is CC(=O)N1Cc2ccccc2OC2(CCN(C(=O)CN(C)C3CCS(=O)(=O)C3)CC2)C1. The van der Waals surface area contributed by atoms with Crippen LogP contribution in [0.25, 0.3) is 0 Å². The van der Waals surface area contributed by atoms with Gasteiger partial charge in [0.15, 0.2) is 9.84 Å². The molecule has 1 atom stereocenters. The number of hydrogen-bond donors (Lipinski definition) is 0. The molecule has 0 radical (unpaired) electrons. The van der Waals surface area contributed by atoms with E-state index in [1.807, 2.05) is 46.0 Å². The number of amides is 2. The molecule has 3 heterocycles. The molecule has 0 saturated carbocycles. The molecule has 3 aliphatic heterocycles. The van der Waals surface area contributed by atoms with Gasteiger partial charge in [-0.15, -0.1) is 0 Å². The van der Waals surface area contributed by atoms with E-state index in [1.54, 1.807) is 6.92 Å². The van der Waals surface area contributed by atoms with Crippen LogP contribution in [0.15, 0.2) is 24.3 Å². The highest BCUT2D eigenvalue weighted by molar-refractivity contribution is 7.91. The summed E-state index contributed by atoms with van der Waals surface area (Å²) in [4.78, 5) is 30.6. The highest BCUT2D eigenvalue weighted by atomic mass is 32.2. The third-order valence-electron chi connectivity index (χ3n) is 6.83. The first-order valence-corrected chi connectivity index (χ1v) is 12.7. The second kappa shape index (κ2) is 8.43. The summed E-state index contributed by atoms with van der Waals surface area (Å²) in [5, 5.41) is 0. The molecule has 8 nitrogen and oxygen atoms in total. The van der Waals surface area contributed by atoms with E-state index in [2.05, 4.69) is 0 Å². The van der Waals surface area contributed by atoms with Gasteiger partial charge in [0.2, 0.25) is 11.8 Å². The fourth-order valence-electron chi connectivity index (χ4n) is 4.82. The summed E-state index contributed by atoms with van der Waals surface area (Å²) in [6.45, 7) is 3.97. The zero-order valence-electron chi connectivity index (χ0n) is 18.2. The van der Waals surface area contributed by atoms with Gasteiger partial charge in [-0.2, -0.15) is 0 Å². The number of rotatable bonds is 3. The summed E-state index contributed by atoms with van der Waals surface area (Å²) < 4.78 is 29.9. The molecule has 2 saturated heterocycles. The van der Waals surface area contributed by atoms with E-state index >= 15 is 0 Å². The number of hydrogen-bond acceptors (Lipinski definition) is 6. The molecule has 1 unspecified atom stereocenters. The van der Waals surface area contributed by atoms with Gasteiger partial charge in [0.25, 0.3) is 0 Å². The van der Waals surface area contributed by atoms with Crippen molar-refractivity contribution >= 4 is 21.7 Å². The number of piperidine rings is 1. The van der Waals surface area contributed by atoms with Crippen molar-refractivity contribution in [3.63, 3.8) is 0 Å². The molecule has 0 bridgehead atoms. The van der Waals surface area contributed by atoms with Gasteiger partial charge in [-0.3, -0.25) is 14.5 Å². The van der Waals surface area contributed by atoms with E-state index in [-0.39, 0.29) is 35.9 Å². The van der Waals surface area contributed by atoms with Crippen molar-refractivity contribution in [1.82, 2.24) is 14.7 Å². The maximum absolute atomic E-state index is 12.9. The Labute approximate surface area is 184 Å². The molecule has 0 N–H and O–H groups in total. The fourth-order valence-corrected chi connectivity index (χ4v) is 6.63. The van der Waals surface area contributed by atoms with Gasteiger partial charge in [0.05, 0.1) is 24.6 Å². The number of sulfone groups is 1.